The average molecular weight is 293 g/mol. The van der Waals surface area contributed by atoms with Gasteiger partial charge in [-0.05, 0) is 24.6 Å². The lowest BCUT2D eigenvalue weighted by atomic mass is 9.95. The first-order chi connectivity index (χ1) is 10.0. The number of benzene rings is 1. The van der Waals surface area contributed by atoms with Crippen LogP contribution < -0.4 is 9.47 Å². The van der Waals surface area contributed by atoms with E-state index in [1.807, 2.05) is 25.1 Å². The molecule has 3 rings (SSSR count). The van der Waals surface area contributed by atoms with Crippen molar-refractivity contribution in [1.29, 1.82) is 0 Å². The van der Waals surface area contributed by atoms with Gasteiger partial charge in [-0.25, -0.2) is 4.79 Å². The molecule has 2 aliphatic heterocycles. The molecule has 0 spiro atoms. The molecule has 1 aromatic rings. The SMILES string of the molecule is CC1(OCC(=O)O)CN(Cc2ccc3c(c2)OCCO3)C1. The molecule has 6 nitrogen and oxygen atoms in total. The second kappa shape index (κ2) is 5.54. The maximum Gasteiger partial charge on any atom is 0.329 e. The molecule has 21 heavy (non-hydrogen) atoms. The Morgan fingerprint density at radius 1 is 1.33 bits per heavy atom. The fraction of sp³-hybridized carbons (Fsp3) is 0.533. The van der Waals surface area contributed by atoms with Crippen LogP contribution in [0.2, 0.25) is 0 Å². The van der Waals surface area contributed by atoms with Crippen LogP contribution in [0.25, 0.3) is 0 Å². The number of fused-ring (bicyclic) bond motifs is 1. The van der Waals surface area contributed by atoms with Gasteiger partial charge in [-0.1, -0.05) is 6.07 Å². The van der Waals surface area contributed by atoms with Gasteiger partial charge in [0.1, 0.15) is 19.8 Å². The van der Waals surface area contributed by atoms with Crippen LogP contribution in [0, 0.1) is 0 Å². The molecule has 0 bridgehead atoms. The predicted molar refractivity (Wildman–Crippen MR) is 74.7 cm³/mol. The van der Waals surface area contributed by atoms with Crippen molar-refractivity contribution >= 4 is 5.97 Å². The minimum atomic E-state index is -0.929. The zero-order chi connectivity index (χ0) is 14.9. The van der Waals surface area contributed by atoms with E-state index >= 15 is 0 Å². The Morgan fingerprint density at radius 2 is 2.05 bits per heavy atom. The Labute approximate surface area is 123 Å². The normalized spacial score (nSPS) is 19.9. The minimum absolute atomic E-state index is 0.242. The number of aliphatic carboxylic acids is 1. The summed E-state index contributed by atoms with van der Waals surface area (Å²) < 4.78 is 16.5. The number of nitrogens with zero attached hydrogens (tertiary/aromatic N) is 1. The van der Waals surface area contributed by atoms with Crippen molar-refractivity contribution in [2.75, 3.05) is 32.9 Å². The molecule has 0 aliphatic carbocycles. The van der Waals surface area contributed by atoms with Crippen molar-refractivity contribution in [3.05, 3.63) is 23.8 Å². The van der Waals surface area contributed by atoms with Crippen molar-refractivity contribution in [2.24, 2.45) is 0 Å². The molecular weight excluding hydrogens is 274 g/mol. The van der Waals surface area contributed by atoms with Gasteiger partial charge in [0.05, 0.1) is 5.60 Å². The lowest BCUT2D eigenvalue weighted by Gasteiger charge is -2.47. The molecule has 1 aromatic carbocycles. The van der Waals surface area contributed by atoms with E-state index in [1.165, 1.54) is 0 Å². The average Bonchev–Trinajstić information content (AvgIpc) is 2.43. The molecule has 0 unspecified atom stereocenters. The first kappa shape index (κ1) is 14.2. The van der Waals surface area contributed by atoms with Gasteiger partial charge in [0, 0.05) is 19.6 Å². The van der Waals surface area contributed by atoms with Crippen LogP contribution in [0.4, 0.5) is 0 Å². The summed E-state index contributed by atoms with van der Waals surface area (Å²) in [6.07, 6.45) is 0. The minimum Gasteiger partial charge on any atom is -0.486 e. The monoisotopic (exact) mass is 293 g/mol. The lowest BCUT2D eigenvalue weighted by molar-refractivity contribution is -0.165. The van der Waals surface area contributed by atoms with Gasteiger partial charge in [-0.2, -0.15) is 0 Å². The number of carboxylic acids is 1. The van der Waals surface area contributed by atoms with Crippen molar-refractivity contribution < 1.29 is 24.1 Å². The zero-order valence-electron chi connectivity index (χ0n) is 12.0. The summed E-state index contributed by atoms with van der Waals surface area (Å²) in [5.41, 5.74) is 0.797. The van der Waals surface area contributed by atoms with Crippen LogP contribution in [-0.2, 0) is 16.1 Å². The summed E-state index contributed by atoms with van der Waals surface area (Å²) in [6, 6.07) is 5.97. The van der Waals surface area contributed by atoms with Gasteiger partial charge in [-0.3, -0.25) is 4.90 Å². The Morgan fingerprint density at radius 3 is 2.76 bits per heavy atom. The van der Waals surface area contributed by atoms with Gasteiger partial charge in [0.2, 0.25) is 0 Å². The molecule has 2 aliphatic rings. The summed E-state index contributed by atoms with van der Waals surface area (Å²) >= 11 is 0. The van der Waals surface area contributed by atoms with Crippen LogP contribution >= 0.6 is 0 Å². The number of ether oxygens (including phenoxy) is 3. The Bertz CT molecular complexity index is 539. The highest BCUT2D eigenvalue weighted by molar-refractivity contribution is 5.68. The zero-order valence-corrected chi connectivity index (χ0v) is 12.0. The standard InChI is InChI=1S/C15H19NO5/c1-15(21-8-14(17)18)9-16(10-15)7-11-2-3-12-13(6-11)20-5-4-19-12/h2-3,6H,4-5,7-10H2,1H3,(H,17,18). The van der Waals surface area contributed by atoms with E-state index in [4.69, 9.17) is 19.3 Å². The maximum atomic E-state index is 10.5. The predicted octanol–water partition coefficient (Wildman–Crippen LogP) is 1.13. The van der Waals surface area contributed by atoms with Gasteiger partial charge < -0.3 is 19.3 Å². The largest absolute Gasteiger partial charge is 0.486 e. The molecule has 0 saturated carbocycles. The smallest absolute Gasteiger partial charge is 0.329 e. The number of rotatable bonds is 5. The maximum absolute atomic E-state index is 10.5. The number of carboxylic acid groups (broad SMARTS) is 1. The summed E-state index contributed by atoms with van der Waals surface area (Å²) in [7, 11) is 0. The van der Waals surface area contributed by atoms with Crippen LogP contribution in [0.5, 0.6) is 11.5 Å². The third-order valence-electron chi connectivity index (χ3n) is 3.67. The van der Waals surface area contributed by atoms with Crippen LogP contribution in [-0.4, -0.2) is 54.5 Å². The van der Waals surface area contributed by atoms with Crippen LogP contribution in [0.15, 0.2) is 18.2 Å². The van der Waals surface area contributed by atoms with E-state index in [2.05, 4.69) is 4.90 Å². The molecule has 2 heterocycles. The first-order valence-electron chi connectivity index (χ1n) is 7.01. The van der Waals surface area contributed by atoms with E-state index in [0.29, 0.717) is 13.2 Å². The van der Waals surface area contributed by atoms with E-state index in [1.54, 1.807) is 0 Å². The lowest BCUT2D eigenvalue weighted by Crippen LogP contribution is -2.61. The van der Waals surface area contributed by atoms with Gasteiger partial charge in [-0.15, -0.1) is 0 Å². The van der Waals surface area contributed by atoms with Crippen LogP contribution in [0.1, 0.15) is 12.5 Å². The molecule has 0 aromatic heterocycles. The fourth-order valence-corrected chi connectivity index (χ4v) is 2.78. The Balaban J connectivity index is 1.53. The molecule has 0 atom stereocenters. The molecule has 1 N–H and O–H groups in total. The molecule has 0 radical (unpaired) electrons. The molecule has 1 fully saturated rings. The second-order valence-electron chi connectivity index (χ2n) is 5.76. The number of hydrogen-bond donors (Lipinski definition) is 1. The quantitative estimate of drug-likeness (QED) is 0.878. The molecule has 0 amide bonds. The topological polar surface area (TPSA) is 68.2 Å². The van der Waals surface area contributed by atoms with E-state index in [9.17, 15) is 4.79 Å². The molecule has 1 saturated heterocycles. The Hall–Kier alpha value is -1.79. The van der Waals surface area contributed by atoms with Crippen molar-refractivity contribution in [1.82, 2.24) is 4.90 Å². The number of hydrogen-bond acceptors (Lipinski definition) is 5. The van der Waals surface area contributed by atoms with E-state index < -0.39 is 5.97 Å². The molecular formula is C15H19NO5. The highest BCUT2D eigenvalue weighted by atomic mass is 16.6. The third-order valence-corrected chi connectivity index (χ3v) is 3.67. The first-order valence-corrected chi connectivity index (χ1v) is 7.01. The van der Waals surface area contributed by atoms with Crippen molar-refractivity contribution in [3.63, 3.8) is 0 Å². The molecule has 114 valence electrons. The number of carbonyl (C=O) groups is 1. The summed E-state index contributed by atoms with van der Waals surface area (Å²) in [6.45, 7) is 5.13. The van der Waals surface area contributed by atoms with Crippen molar-refractivity contribution in [3.8, 4) is 11.5 Å². The summed E-state index contributed by atoms with van der Waals surface area (Å²) in [5.74, 6) is 0.661. The summed E-state index contributed by atoms with van der Waals surface area (Å²) in [4.78, 5) is 12.7. The van der Waals surface area contributed by atoms with Crippen molar-refractivity contribution in [2.45, 2.75) is 19.1 Å². The van der Waals surface area contributed by atoms with E-state index in [-0.39, 0.29) is 12.2 Å². The highest BCUT2D eigenvalue weighted by Crippen LogP contribution is 2.32. The number of likely N-dealkylation sites (tertiary alicyclic amines) is 1. The van der Waals surface area contributed by atoms with Crippen LogP contribution in [0.3, 0.4) is 0 Å². The van der Waals surface area contributed by atoms with E-state index in [0.717, 1.165) is 36.7 Å². The Kier molecular flexibility index (Phi) is 3.73. The van der Waals surface area contributed by atoms with Gasteiger partial charge in [0.25, 0.3) is 0 Å². The van der Waals surface area contributed by atoms with Gasteiger partial charge in [0.15, 0.2) is 11.5 Å². The molecule has 6 heteroatoms. The fourth-order valence-electron chi connectivity index (χ4n) is 2.78. The summed E-state index contributed by atoms with van der Waals surface area (Å²) in [5, 5.41) is 8.65. The second-order valence-corrected chi connectivity index (χ2v) is 5.76. The third kappa shape index (κ3) is 3.28. The highest BCUT2D eigenvalue weighted by Gasteiger charge is 2.40. The van der Waals surface area contributed by atoms with Gasteiger partial charge >= 0.3 is 5.97 Å².